The van der Waals surface area contributed by atoms with Crippen molar-refractivity contribution in [1.29, 1.82) is 0 Å². The fourth-order valence-corrected chi connectivity index (χ4v) is 5.08. The van der Waals surface area contributed by atoms with Gasteiger partial charge >= 0.3 is 29.6 Å². The van der Waals surface area contributed by atoms with E-state index in [0.29, 0.717) is 45.3 Å². The van der Waals surface area contributed by atoms with E-state index in [0.717, 1.165) is 5.56 Å². The number of amides is 2. The van der Waals surface area contributed by atoms with Gasteiger partial charge in [0.15, 0.2) is 0 Å². The van der Waals surface area contributed by atoms with Crippen LogP contribution in [-0.2, 0) is 9.59 Å². The topological polar surface area (TPSA) is 80.8 Å². The van der Waals surface area contributed by atoms with E-state index >= 15 is 0 Å². The number of carbonyl (C=O) groups excluding carboxylic acids is 3. The Morgan fingerprint density at radius 3 is 2.20 bits per heavy atom. The van der Waals surface area contributed by atoms with Crippen molar-refractivity contribution in [2.45, 2.75) is 45.2 Å². The quantitative estimate of drug-likeness (QED) is 0.231. The maximum atomic E-state index is 14.4. The van der Waals surface area contributed by atoms with Gasteiger partial charge in [-0.05, 0) is 86.7 Å². The van der Waals surface area contributed by atoms with Crippen LogP contribution in [-0.4, -0.2) is 29.2 Å². The van der Waals surface area contributed by atoms with Crippen molar-refractivity contribution in [2.24, 2.45) is 0 Å². The number of halogens is 2. The number of carboxylic acid groups (broad SMARTS) is 1. The van der Waals surface area contributed by atoms with Gasteiger partial charge in [-0.15, -0.1) is 5.92 Å². The molecule has 200 valence electrons. The van der Waals surface area contributed by atoms with Crippen LogP contribution >= 0.6 is 23.2 Å². The molecule has 2 atom stereocenters. The number of aliphatic carboxylic acids is 1. The number of unbranched alkanes of at least 4 members (excludes halogenated alkanes) is 1. The third-order valence-corrected chi connectivity index (χ3v) is 7.27. The van der Waals surface area contributed by atoms with Crippen molar-refractivity contribution < 1.29 is 49.0 Å². The smallest absolute Gasteiger partial charge is 0.550 e. The molecule has 0 aromatic heterocycles. The van der Waals surface area contributed by atoms with Crippen LogP contribution in [0.5, 0.6) is 0 Å². The van der Waals surface area contributed by atoms with Gasteiger partial charge in [0.05, 0.1) is 17.3 Å². The number of nitrogens with zero attached hydrogens (tertiary/aromatic N) is 2. The first-order chi connectivity index (χ1) is 18.7. The van der Waals surface area contributed by atoms with Crippen LogP contribution in [0.2, 0.25) is 10.0 Å². The summed E-state index contributed by atoms with van der Waals surface area (Å²) in [6.07, 6.45) is 0.647. The van der Waals surface area contributed by atoms with Gasteiger partial charge in [-0.25, -0.2) is 0 Å². The predicted octanol–water partition coefficient (Wildman–Crippen LogP) is 2.58. The molecule has 0 unspecified atom stereocenters. The molecule has 0 saturated carbocycles. The summed E-state index contributed by atoms with van der Waals surface area (Å²) in [4.78, 5) is 42.9. The van der Waals surface area contributed by atoms with Crippen LogP contribution in [0, 0.1) is 11.8 Å². The third kappa shape index (κ3) is 7.09. The summed E-state index contributed by atoms with van der Waals surface area (Å²) in [6, 6.07) is 17.8. The molecule has 6 nitrogen and oxygen atoms in total. The van der Waals surface area contributed by atoms with Crippen molar-refractivity contribution in [3.63, 3.8) is 0 Å². The Morgan fingerprint density at radius 1 is 0.975 bits per heavy atom. The van der Waals surface area contributed by atoms with Gasteiger partial charge in [0.1, 0.15) is 6.04 Å². The Bertz CT molecular complexity index is 1450. The Kier molecular flexibility index (Phi) is 11.3. The van der Waals surface area contributed by atoms with Crippen LogP contribution < -0.4 is 39.6 Å². The Hall–Kier alpha value is -2.79. The predicted molar refractivity (Wildman–Crippen MR) is 150 cm³/mol. The molecule has 0 N–H and O–H groups in total. The summed E-state index contributed by atoms with van der Waals surface area (Å²) in [7, 11) is 0. The van der Waals surface area contributed by atoms with Crippen molar-refractivity contribution in [3.05, 3.63) is 99.0 Å². The molecule has 0 radical (unpaired) electrons. The van der Waals surface area contributed by atoms with E-state index in [4.69, 9.17) is 23.2 Å². The van der Waals surface area contributed by atoms with Crippen LogP contribution in [0.1, 0.15) is 72.2 Å². The van der Waals surface area contributed by atoms with Gasteiger partial charge in [0.2, 0.25) is 0 Å². The maximum absolute atomic E-state index is 14.4. The molecule has 0 spiro atoms. The maximum Gasteiger partial charge on any atom is 1.00 e. The minimum Gasteiger partial charge on any atom is -0.550 e. The number of hydrogen-bond donors (Lipinski definition) is 0. The first-order valence-electron chi connectivity index (χ1n) is 12.6. The number of fused-ring (bicyclic) bond motifs is 1. The molecule has 3 aromatic carbocycles. The zero-order chi connectivity index (χ0) is 28.1. The summed E-state index contributed by atoms with van der Waals surface area (Å²) in [5, 5.41) is 12.0. The number of hydrogen-bond acceptors (Lipinski definition) is 4. The normalized spacial score (nSPS) is 15.3. The van der Waals surface area contributed by atoms with Crippen LogP contribution in [0.15, 0.2) is 66.7 Å². The van der Waals surface area contributed by atoms with Crippen molar-refractivity contribution >= 4 is 46.7 Å². The molecule has 0 saturated heterocycles. The van der Waals surface area contributed by atoms with Crippen molar-refractivity contribution in [2.75, 3.05) is 11.4 Å². The van der Waals surface area contributed by atoms with Gasteiger partial charge in [-0.2, -0.15) is 0 Å². The third-order valence-electron chi connectivity index (χ3n) is 6.77. The second kappa shape index (κ2) is 14.2. The summed E-state index contributed by atoms with van der Waals surface area (Å²) in [5.74, 6) is 4.09. The Labute approximate surface area is 266 Å². The van der Waals surface area contributed by atoms with E-state index in [9.17, 15) is 19.5 Å². The van der Waals surface area contributed by atoms with Crippen molar-refractivity contribution in [1.82, 2.24) is 4.90 Å². The molecule has 1 heterocycles. The second-order valence-corrected chi connectivity index (χ2v) is 10.2. The van der Waals surface area contributed by atoms with Gasteiger partial charge in [0, 0.05) is 28.1 Å². The molecule has 1 aliphatic heterocycles. The van der Waals surface area contributed by atoms with Crippen molar-refractivity contribution in [3.8, 4) is 11.8 Å². The molecule has 40 heavy (non-hydrogen) atoms. The zero-order valence-corrected chi connectivity index (χ0v) is 26.1. The van der Waals surface area contributed by atoms with Crippen LogP contribution in [0.4, 0.5) is 5.69 Å². The molecular formula is C31H27Cl2N2NaO4. The molecule has 1 aliphatic rings. The number of carbonyl (C=O) groups is 3. The van der Waals surface area contributed by atoms with E-state index in [1.807, 2.05) is 19.1 Å². The van der Waals surface area contributed by atoms with E-state index in [2.05, 4.69) is 11.8 Å². The minimum atomic E-state index is -1.14. The van der Waals surface area contributed by atoms with Gasteiger partial charge < -0.3 is 19.7 Å². The zero-order valence-electron chi connectivity index (χ0n) is 22.6. The van der Waals surface area contributed by atoms with E-state index in [1.54, 1.807) is 71.3 Å². The van der Waals surface area contributed by atoms with Gasteiger partial charge in [0.25, 0.3) is 11.8 Å². The molecule has 4 rings (SSSR count). The number of carboxylic acids is 1. The molecule has 9 heteroatoms. The summed E-state index contributed by atoms with van der Waals surface area (Å²) in [6.45, 7) is 3.83. The molecule has 0 aliphatic carbocycles. The second-order valence-electron chi connectivity index (χ2n) is 9.32. The number of benzene rings is 3. The Morgan fingerprint density at radius 2 is 1.60 bits per heavy atom. The van der Waals surface area contributed by atoms with Gasteiger partial charge in [-0.1, -0.05) is 53.4 Å². The van der Waals surface area contributed by atoms with E-state index in [-0.39, 0.29) is 54.3 Å². The summed E-state index contributed by atoms with van der Waals surface area (Å²) in [5.41, 5.74) is 2.89. The average molecular weight is 585 g/mol. The largest absolute Gasteiger partial charge is 1.00 e. The number of anilines is 1. The monoisotopic (exact) mass is 584 g/mol. The molecular weight excluding hydrogens is 558 g/mol. The first-order valence-corrected chi connectivity index (χ1v) is 13.4. The molecule has 0 bridgehead atoms. The number of rotatable bonds is 8. The minimum absolute atomic E-state index is 0. The summed E-state index contributed by atoms with van der Waals surface area (Å²) < 4.78 is 0. The molecule has 3 aromatic rings. The molecule has 2 amide bonds. The van der Waals surface area contributed by atoms with Crippen LogP contribution in [0.25, 0.3) is 0 Å². The first kappa shape index (κ1) is 31.7. The fourth-order valence-electron chi connectivity index (χ4n) is 4.83. The average Bonchev–Trinajstić information content (AvgIpc) is 3.00. The van der Waals surface area contributed by atoms with Gasteiger partial charge in [-0.3, -0.25) is 9.59 Å². The summed E-state index contributed by atoms with van der Waals surface area (Å²) >= 11 is 12.3. The SMILES string of the molecule is CC#Cc1ccc2c(c1)C(=O)N([C@H](C)c1ccc(Cl)cc1)[C@@H](c1ccc(Cl)cc1)C(=O)N2CCCCC(=O)[O-].[Na+]. The van der Waals surface area contributed by atoms with E-state index in [1.165, 1.54) is 0 Å². The standard InChI is InChI=1S/C31H28Cl2N2O4.Na/c1-3-6-21-8-17-27-26(19-21)30(38)35(20(2)22-9-13-24(32)14-10-22)29(23-11-15-25(33)16-12-23)31(39)34(27)18-5-4-7-28(36)37;/h8-17,19-20,29H,4-5,7,18H2,1-2H3,(H,36,37);/q;+1/p-1/t20-,29+;/m1./s1. The fraction of sp³-hybridized carbons (Fsp3) is 0.258. The Balaban J connectivity index is 0.00000441. The van der Waals surface area contributed by atoms with E-state index < -0.39 is 18.1 Å². The molecule has 0 fully saturated rings. The van der Waals surface area contributed by atoms with Crippen LogP contribution in [0.3, 0.4) is 0 Å².